The van der Waals surface area contributed by atoms with E-state index in [9.17, 15) is 5.11 Å². The molecule has 0 fully saturated rings. The molecule has 0 amide bonds. The smallest absolute Gasteiger partial charge is 0.120 e. The molecule has 1 aromatic rings. The zero-order valence-corrected chi connectivity index (χ0v) is 9.04. The topological polar surface area (TPSA) is 35.5 Å². The van der Waals surface area contributed by atoms with Crippen LogP contribution in [0.25, 0.3) is 0 Å². The quantitative estimate of drug-likeness (QED) is 0.755. The van der Waals surface area contributed by atoms with Crippen molar-refractivity contribution in [2.24, 2.45) is 0 Å². The van der Waals surface area contributed by atoms with Crippen LogP contribution >= 0.6 is 0 Å². The van der Waals surface area contributed by atoms with E-state index < -0.39 is 0 Å². The Morgan fingerprint density at radius 1 is 1.36 bits per heavy atom. The van der Waals surface area contributed by atoms with Crippen LogP contribution in [0, 0.1) is 0 Å². The van der Waals surface area contributed by atoms with Crippen LogP contribution < -0.4 is 5.32 Å². The lowest BCUT2D eigenvalue weighted by Crippen LogP contribution is -2.12. The van der Waals surface area contributed by atoms with Crippen molar-refractivity contribution in [1.82, 2.24) is 10.2 Å². The number of phenols is 1. The van der Waals surface area contributed by atoms with Crippen LogP contribution in [0.3, 0.4) is 0 Å². The summed E-state index contributed by atoms with van der Waals surface area (Å²) in [7, 11) is 5.90. The van der Waals surface area contributed by atoms with E-state index in [0.29, 0.717) is 5.75 Å². The Kier molecular flexibility index (Phi) is 3.92. The van der Waals surface area contributed by atoms with Gasteiger partial charge in [-0.15, -0.1) is 0 Å². The molecule has 0 aromatic heterocycles. The van der Waals surface area contributed by atoms with Crippen LogP contribution in [0.4, 0.5) is 0 Å². The number of benzene rings is 1. The van der Waals surface area contributed by atoms with Crippen LogP contribution in [-0.4, -0.2) is 31.1 Å². The van der Waals surface area contributed by atoms with E-state index in [2.05, 4.69) is 5.32 Å². The van der Waals surface area contributed by atoms with Crippen molar-refractivity contribution < 1.29 is 5.11 Å². The molecule has 0 aliphatic heterocycles. The molecule has 1 rings (SSSR count). The van der Waals surface area contributed by atoms with E-state index in [4.69, 9.17) is 0 Å². The van der Waals surface area contributed by atoms with Gasteiger partial charge in [-0.25, -0.2) is 0 Å². The summed E-state index contributed by atoms with van der Waals surface area (Å²) in [5, 5.41) is 12.7. The number of phenolic OH excluding ortho intramolecular Hbond substituents is 1. The molecule has 0 radical (unpaired) electrons. The summed E-state index contributed by atoms with van der Waals surface area (Å²) in [4.78, 5) is 2.04. The molecular formula is C11H18N2O. The Balaban J connectivity index is 2.84. The van der Waals surface area contributed by atoms with Gasteiger partial charge in [0.25, 0.3) is 0 Å². The van der Waals surface area contributed by atoms with Crippen molar-refractivity contribution in [3.05, 3.63) is 29.3 Å². The first-order valence-corrected chi connectivity index (χ1v) is 4.73. The van der Waals surface area contributed by atoms with Crippen LogP contribution in [0.15, 0.2) is 18.2 Å². The molecular weight excluding hydrogens is 176 g/mol. The van der Waals surface area contributed by atoms with Gasteiger partial charge in [0, 0.05) is 18.7 Å². The summed E-state index contributed by atoms with van der Waals surface area (Å²) < 4.78 is 0. The summed E-state index contributed by atoms with van der Waals surface area (Å²) in [6.45, 7) is 1.60. The van der Waals surface area contributed by atoms with Crippen molar-refractivity contribution in [3.63, 3.8) is 0 Å². The van der Waals surface area contributed by atoms with Crippen molar-refractivity contribution in [2.45, 2.75) is 13.1 Å². The molecule has 3 heteroatoms. The zero-order valence-electron chi connectivity index (χ0n) is 9.04. The molecule has 1 aromatic carbocycles. The lowest BCUT2D eigenvalue weighted by Gasteiger charge is -2.12. The number of nitrogens with one attached hydrogen (secondary N) is 1. The molecule has 0 spiro atoms. The van der Waals surface area contributed by atoms with E-state index >= 15 is 0 Å². The Hall–Kier alpha value is -1.06. The maximum absolute atomic E-state index is 9.60. The normalized spacial score (nSPS) is 10.9. The lowest BCUT2D eigenvalue weighted by atomic mass is 10.1. The van der Waals surface area contributed by atoms with Gasteiger partial charge in [0.2, 0.25) is 0 Å². The third-order valence-electron chi connectivity index (χ3n) is 2.01. The van der Waals surface area contributed by atoms with Gasteiger partial charge < -0.3 is 15.3 Å². The minimum absolute atomic E-state index is 0.374. The predicted molar refractivity (Wildman–Crippen MR) is 58.3 cm³/mol. The fourth-order valence-electron chi connectivity index (χ4n) is 1.42. The molecule has 0 aliphatic rings. The number of hydrogen-bond acceptors (Lipinski definition) is 3. The maximum atomic E-state index is 9.60. The maximum Gasteiger partial charge on any atom is 0.120 e. The van der Waals surface area contributed by atoms with Gasteiger partial charge in [-0.2, -0.15) is 0 Å². The first kappa shape index (κ1) is 11.0. The molecule has 14 heavy (non-hydrogen) atoms. The van der Waals surface area contributed by atoms with Crippen LogP contribution in [0.2, 0.25) is 0 Å². The van der Waals surface area contributed by atoms with E-state index in [1.807, 2.05) is 38.2 Å². The van der Waals surface area contributed by atoms with Crippen LogP contribution in [0.5, 0.6) is 5.75 Å². The van der Waals surface area contributed by atoms with Gasteiger partial charge in [0.1, 0.15) is 5.75 Å². The summed E-state index contributed by atoms with van der Waals surface area (Å²) >= 11 is 0. The van der Waals surface area contributed by atoms with Gasteiger partial charge in [0.05, 0.1) is 0 Å². The van der Waals surface area contributed by atoms with E-state index in [1.54, 1.807) is 6.07 Å². The minimum Gasteiger partial charge on any atom is -0.508 e. The lowest BCUT2D eigenvalue weighted by molar-refractivity contribution is 0.385. The standard InChI is InChI=1S/C11H18N2O/c1-12-7-9-4-5-11(14)10(6-9)8-13(2)3/h4-6,12,14H,7-8H2,1-3H3. The fraction of sp³-hybridized carbons (Fsp3) is 0.455. The summed E-state index contributed by atoms with van der Waals surface area (Å²) in [6.07, 6.45) is 0. The van der Waals surface area contributed by atoms with Crippen LogP contribution in [-0.2, 0) is 13.1 Å². The Morgan fingerprint density at radius 2 is 2.07 bits per heavy atom. The van der Waals surface area contributed by atoms with E-state index in [-0.39, 0.29) is 0 Å². The second-order valence-electron chi connectivity index (χ2n) is 3.73. The van der Waals surface area contributed by atoms with Crippen molar-refractivity contribution >= 4 is 0 Å². The average molecular weight is 194 g/mol. The Bertz CT molecular complexity index is 297. The fourth-order valence-corrected chi connectivity index (χ4v) is 1.42. The van der Waals surface area contributed by atoms with Gasteiger partial charge in [-0.3, -0.25) is 0 Å². The van der Waals surface area contributed by atoms with Crippen molar-refractivity contribution in [2.75, 3.05) is 21.1 Å². The molecule has 2 N–H and O–H groups in total. The van der Waals surface area contributed by atoms with Crippen LogP contribution in [0.1, 0.15) is 11.1 Å². The second-order valence-corrected chi connectivity index (χ2v) is 3.73. The number of rotatable bonds is 4. The Morgan fingerprint density at radius 3 is 2.64 bits per heavy atom. The highest BCUT2D eigenvalue weighted by molar-refractivity contribution is 5.36. The summed E-state index contributed by atoms with van der Waals surface area (Å²) in [5.74, 6) is 0.374. The third kappa shape index (κ3) is 3.01. The van der Waals surface area contributed by atoms with Crippen molar-refractivity contribution in [1.29, 1.82) is 0 Å². The van der Waals surface area contributed by atoms with E-state index in [1.165, 1.54) is 5.56 Å². The molecule has 0 unspecified atom stereocenters. The summed E-state index contributed by atoms with van der Waals surface area (Å²) in [5.41, 5.74) is 2.17. The number of hydrogen-bond donors (Lipinski definition) is 2. The largest absolute Gasteiger partial charge is 0.508 e. The molecule has 0 heterocycles. The molecule has 0 atom stereocenters. The molecule has 0 bridgehead atoms. The van der Waals surface area contributed by atoms with E-state index in [0.717, 1.165) is 18.7 Å². The first-order chi connectivity index (χ1) is 6.63. The number of nitrogens with zero attached hydrogens (tertiary/aromatic N) is 1. The zero-order chi connectivity index (χ0) is 10.6. The van der Waals surface area contributed by atoms with Gasteiger partial charge in [-0.1, -0.05) is 6.07 Å². The van der Waals surface area contributed by atoms with Gasteiger partial charge in [-0.05, 0) is 38.8 Å². The van der Waals surface area contributed by atoms with Crippen molar-refractivity contribution in [3.8, 4) is 5.75 Å². The molecule has 0 saturated heterocycles. The number of aromatic hydroxyl groups is 1. The monoisotopic (exact) mass is 194 g/mol. The third-order valence-corrected chi connectivity index (χ3v) is 2.01. The van der Waals surface area contributed by atoms with Gasteiger partial charge >= 0.3 is 0 Å². The minimum atomic E-state index is 0.374. The first-order valence-electron chi connectivity index (χ1n) is 4.73. The molecule has 0 saturated carbocycles. The predicted octanol–water partition coefficient (Wildman–Crippen LogP) is 1.17. The highest BCUT2D eigenvalue weighted by Crippen LogP contribution is 2.19. The summed E-state index contributed by atoms with van der Waals surface area (Å²) in [6, 6.07) is 5.72. The second kappa shape index (κ2) is 4.98. The molecule has 0 aliphatic carbocycles. The average Bonchev–Trinajstić information content (AvgIpc) is 2.10. The SMILES string of the molecule is CNCc1ccc(O)c(CN(C)C)c1. The highest BCUT2D eigenvalue weighted by Gasteiger charge is 2.03. The van der Waals surface area contributed by atoms with Gasteiger partial charge in [0.15, 0.2) is 0 Å². The highest BCUT2D eigenvalue weighted by atomic mass is 16.3. The molecule has 78 valence electrons. The molecule has 3 nitrogen and oxygen atoms in total. The Labute approximate surface area is 85.4 Å².